The Labute approximate surface area is 168 Å². The van der Waals surface area contributed by atoms with Crippen LogP contribution in [-0.2, 0) is 26.1 Å². The van der Waals surface area contributed by atoms with Crippen LogP contribution in [-0.4, -0.2) is 40.5 Å². The summed E-state index contributed by atoms with van der Waals surface area (Å²) in [5.74, 6) is 0. The largest absolute Gasteiger partial charge is 0.344 e. The number of hydrogen-bond donors (Lipinski definition) is 0. The molecule has 1 fully saturated rings. The van der Waals surface area contributed by atoms with Gasteiger partial charge in [0.15, 0.2) is 0 Å². The first-order valence-corrected chi connectivity index (χ1v) is 11.0. The molecule has 146 valence electrons. The molecular formula is C25H31N3. The number of rotatable bonds is 6. The summed E-state index contributed by atoms with van der Waals surface area (Å²) in [6, 6.07) is 20.0. The van der Waals surface area contributed by atoms with Gasteiger partial charge in [-0.15, -0.1) is 0 Å². The summed E-state index contributed by atoms with van der Waals surface area (Å²) in [6.07, 6.45) is 5.21. The standard InChI is InChI=1S/C25H31N3/c1-2-9-21(10-3-1)19-27-18-13-25-23(20-27)22-11-4-5-12-24(22)28(25)17-8-16-26-14-6-7-15-26/h1-5,9-12H,6-8,13-20H2. The van der Waals surface area contributed by atoms with Gasteiger partial charge in [0, 0.05) is 49.2 Å². The molecule has 3 aromatic rings. The van der Waals surface area contributed by atoms with Crippen molar-refractivity contribution in [3.05, 3.63) is 71.4 Å². The van der Waals surface area contributed by atoms with Gasteiger partial charge < -0.3 is 9.47 Å². The van der Waals surface area contributed by atoms with E-state index in [1.807, 2.05) is 0 Å². The summed E-state index contributed by atoms with van der Waals surface area (Å²) in [7, 11) is 0. The molecule has 3 heterocycles. The van der Waals surface area contributed by atoms with Gasteiger partial charge in [0.25, 0.3) is 0 Å². The van der Waals surface area contributed by atoms with Crippen LogP contribution in [0, 0.1) is 0 Å². The molecule has 1 aromatic heterocycles. The highest BCUT2D eigenvalue weighted by Gasteiger charge is 2.24. The highest BCUT2D eigenvalue weighted by Crippen LogP contribution is 2.31. The molecule has 0 amide bonds. The number of nitrogens with zero attached hydrogens (tertiary/aromatic N) is 3. The van der Waals surface area contributed by atoms with Crippen LogP contribution in [0.3, 0.4) is 0 Å². The van der Waals surface area contributed by atoms with E-state index in [4.69, 9.17) is 0 Å². The van der Waals surface area contributed by atoms with Crippen LogP contribution < -0.4 is 0 Å². The second kappa shape index (κ2) is 8.10. The maximum Gasteiger partial charge on any atom is 0.0485 e. The minimum atomic E-state index is 1.05. The first-order valence-electron chi connectivity index (χ1n) is 11.0. The Morgan fingerprint density at radius 3 is 2.39 bits per heavy atom. The summed E-state index contributed by atoms with van der Waals surface area (Å²) in [5, 5.41) is 1.47. The molecule has 0 unspecified atom stereocenters. The van der Waals surface area contributed by atoms with Gasteiger partial charge in [-0.1, -0.05) is 48.5 Å². The maximum atomic E-state index is 2.64. The Bertz CT molecular complexity index is 922. The molecule has 2 aliphatic rings. The lowest BCUT2D eigenvalue weighted by Crippen LogP contribution is -2.30. The van der Waals surface area contributed by atoms with Gasteiger partial charge in [-0.25, -0.2) is 0 Å². The maximum absolute atomic E-state index is 2.64. The zero-order chi connectivity index (χ0) is 18.8. The summed E-state index contributed by atoms with van der Waals surface area (Å²) < 4.78 is 2.64. The Morgan fingerprint density at radius 2 is 1.54 bits per heavy atom. The fraction of sp³-hybridized carbons (Fsp3) is 0.440. The van der Waals surface area contributed by atoms with Crippen molar-refractivity contribution in [1.29, 1.82) is 0 Å². The molecule has 0 spiro atoms. The molecule has 0 bridgehead atoms. The molecule has 0 N–H and O–H groups in total. The van der Waals surface area contributed by atoms with Crippen LogP contribution in [0.5, 0.6) is 0 Å². The van der Waals surface area contributed by atoms with Crippen molar-refractivity contribution in [2.75, 3.05) is 26.2 Å². The van der Waals surface area contributed by atoms with E-state index in [-0.39, 0.29) is 0 Å². The van der Waals surface area contributed by atoms with Crippen molar-refractivity contribution in [2.24, 2.45) is 0 Å². The minimum Gasteiger partial charge on any atom is -0.344 e. The summed E-state index contributed by atoms with van der Waals surface area (Å²) in [5.41, 5.74) is 6.02. The summed E-state index contributed by atoms with van der Waals surface area (Å²) in [4.78, 5) is 5.25. The molecule has 0 atom stereocenters. The molecule has 1 saturated heterocycles. The quantitative estimate of drug-likeness (QED) is 0.621. The molecule has 3 nitrogen and oxygen atoms in total. The SMILES string of the molecule is c1ccc(CN2CCc3c(c4ccccc4n3CCCN3CCCC3)C2)cc1. The van der Waals surface area contributed by atoms with Gasteiger partial charge in [-0.05, 0) is 56.1 Å². The number of likely N-dealkylation sites (tertiary alicyclic amines) is 1. The van der Waals surface area contributed by atoms with Gasteiger partial charge in [-0.3, -0.25) is 4.90 Å². The normalized spacial score (nSPS) is 18.0. The van der Waals surface area contributed by atoms with Crippen LogP contribution in [0.1, 0.15) is 36.1 Å². The third kappa shape index (κ3) is 3.61. The molecule has 2 aromatic carbocycles. The van der Waals surface area contributed by atoms with Crippen LogP contribution in [0.25, 0.3) is 10.9 Å². The van der Waals surface area contributed by atoms with Gasteiger partial charge in [0.1, 0.15) is 0 Å². The van der Waals surface area contributed by atoms with Crippen molar-refractivity contribution in [3.8, 4) is 0 Å². The highest BCUT2D eigenvalue weighted by molar-refractivity contribution is 5.85. The van der Waals surface area contributed by atoms with Gasteiger partial charge in [-0.2, -0.15) is 0 Å². The first-order chi connectivity index (χ1) is 13.9. The van der Waals surface area contributed by atoms with Crippen LogP contribution in [0.15, 0.2) is 54.6 Å². The zero-order valence-electron chi connectivity index (χ0n) is 16.8. The highest BCUT2D eigenvalue weighted by atomic mass is 15.2. The molecular weight excluding hydrogens is 342 g/mol. The molecule has 2 aliphatic heterocycles. The average molecular weight is 374 g/mol. The summed E-state index contributed by atoms with van der Waals surface area (Å²) in [6.45, 7) is 8.30. The van der Waals surface area contributed by atoms with Crippen LogP contribution in [0.2, 0.25) is 0 Å². The predicted molar refractivity (Wildman–Crippen MR) is 116 cm³/mol. The monoisotopic (exact) mass is 373 g/mol. The number of aryl methyl sites for hydroxylation is 1. The third-order valence-electron chi connectivity index (χ3n) is 6.54. The van der Waals surface area contributed by atoms with Crippen molar-refractivity contribution in [3.63, 3.8) is 0 Å². The molecule has 0 aliphatic carbocycles. The van der Waals surface area contributed by atoms with Crippen LogP contribution in [0.4, 0.5) is 0 Å². The predicted octanol–water partition coefficient (Wildman–Crippen LogP) is 4.69. The van der Waals surface area contributed by atoms with E-state index >= 15 is 0 Å². The van der Waals surface area contributed by atoms with E-state index in [1.165, 1.54) is 61.8 Å². The number of benzene rings is 2. The number of para-hydroxylation sites is 1. The number of aromatic nitrogens is 1. The van der Waals surface area contributed by atoms with Gasteiger partial charge >= 0.3 is 0 Å². The van der Waals surface area contributed by atoms with Gasteiger partial charge in [0.05, 0.1) is 0 Å². The lowest BCUT2D eigenvalue weighted by atomic mass is 10.0. The fourth-order valence-corrected chi connectivity index (χ4v) is 5.15. The van der Waals surface area contributed by atoms with E-state index in [9.17, 15) is 0 Å². The Morgan fingerprint density at radius 1 is 0.750 bits per heavy atom. The second-order valence-electron chi connectivity index (χ2n) is 8.44. The first kappa shape index (κ1) is 18.0. The Balaban J connectivity index is 1.36. The smallest absolute Gasteiger partial charge is 0.0485 e. The lowest BCUT2D eigenvalue weighted by Gasteiger charge is -2.28. The van der Waals surface area contributed by atoms with Crippen molar-refractivity contribution >= 4 is 10.9 Å². The number of hydrogen-bond acceptors (Lipinski definition) is 2. The minimum absolute atomic E-state index is 1.05. The van der Waals surface area contributed by atoms with E-state index in [1.54, 1.807) is 11.3 Å². The molecule has 3 heteroatoms. The van der Waals surface area contributed by atoms with Crippen LogP contribution >= 0.6 is 0 Å². The topological polar surface area (TPSA) is 11.4 Å². The van der Waals surface area contributed by atoms with E-state index in [0.29, 0.717) is 0 Å². The Hall–Kier alpha value is -2.10. The third-order valence-corrected chi connectivity index (χ3v) is 6.54. The van der Waals surface area contributed by atoms with Crippen molar-refractivity contribution in [1.82, 2.24) is 14.4 Å². The van der Waals surface area contributed by atoms with E-state index in [2.05, 4.69) is 69.0 Å². The second-order valence-corrected chi connectivity index (χ2v) is 8.44. The molecule has 0 radical (unpaired) electrons. The van der Waals surface area contributed by atoms with Gasteiger partial charge in [0.2, 0.25) is 0 Å². The molecule has 5 rings (SSSR count). The molecule has 28 heavy (non-hydrogen) atoms. The summed E-state index contributed by atoms with van der Waals surface area (Å²) >= 11 is 0. The Kier molecular flexibility index (Phi) is 5.20. The average Bonchev–Trinajstić information content (AvgIpc) is 3.36. The van der Waals surface area contributed by atoms with E-state index < -0.39 is 0 Å². The fourth-order valence-electron chi connectivity index (χ4n) is 5.15. The van der Waals surface area contributed by atoms with E-state index in [0.717, 1.165) is 26.2 Å². The van der Waals surface area contributed by atoms with Crippen molar-refractivity contribution in [2.45, 2.75) is 45.3 Å². The molecule has 0 saturated carbocycles. The van der Waals surface area contributed by atoms with Crippen molar-refractivity contribution < 1.29 is 0 Å². The number of fused-ring (bicyclic) bond motifs is 3. The lowest BCUT2D eigenvalue weighted by molar-refractivity contribution is 0.243. The zero-order valence-corrected chi connectivity index (χ0v) is 16.8.